The van der Waals surface area contributed by atoms with Gasteiger partial charge in [0.25, 0.3) is 0 Å². The topological polar surface area (TPSA) is 78.4 Å². The van der Waals surface area contributed by atoms with E-state index in [4.69, 9.17) is 0 Å². The van der Waals surface area contributed by atoms with Gasteiger partial charge in [-0.2, -0.15) is 0 Å². The minimum absolute atomic E-state index is 0. The van der Waals surface area contributed by atoms with Crippen molar-refractivity contribution >= 4 is 35.8 Å². The minimum atomic E-state index is 0. The van der Waals surface area contributed by atoms with Crippen molar-refractivity contribution in [1.82, 2.24) is 20.9 Å². The lowest BCUT2D eigenvalue weighted by Gasteiger charge is -2.12. The number of carbonyl (C=O) groups is 1. The molecule has 0 saturated heterocycles. The molecule has 0 saturated carbocycles. The van der Waals surface area contributed by atoms with Crippen LogP contribution in [0.25, 0.3) is 0 Å². The number of pyridine rings is 1. The number of guanidine groups is 1. The molecule has 0 radical (unpaired) electrons. The van der Waals surface area contributed by atoms with Crippen LogP contribution in [0.5, 0.6) is 0 Å². The zero-order valence-electron chi connectivity index (χ0n) is 12.7. The predicted octanol–water partition coefficient (Wildman–Crippen LogP) is 1.28. The molecule has 7 heteroatoms. The van der Waals surface area contributed by atoms with Crippen LogP contribution in [-0.2, 0) is 11.3 Å². The molecule has 0 bridgehead atoms. The molecule has 1 aromatic rings. The molecule has 6 nitrogen and oxygen atoms in total. The molecule has 0 aliphatic rings. The Morgan fingerprint density at radius 1 is 1.33 bits per heavy atom. The summed E-state index contributed by atoms with van der Waals surface area (Å²) in [6, 6.07) is 5.93. The first-order valence-corrected chi connectivity index (χ1v) is 6.75. The molecule has 0 atom stereocenters. The Bertz CT molecular complexity index is 436. The van der Waals surface area contributed by atoms with Crippen molar-refractivity contribution in [3.8, 4) is 0 Å². The fraction of sp³-hybridized carbons (Fsp3) is 0.500. The molecule has 0 unspecified atom stereocenters. The van der Waals surface area contributed by atoms with E-state index < -0.39 is 0 Å². The van der Waals surface area contributed by atoms with Gasteiger partial charge in [-0.1, -0.05) is 6.07 Å². The molecule has 0 aliphatic carbocycles. The van der Waals surface area contributed by atoms with E-state index in [0.29, 0.717) is 25.5 Å². The fourth-order valence-electron chi connectivity index (χ4n) is 1.59. The predicted molar refractivity (Wildman–Crippen MR) is 95.7 cm³/mol. The highest BCUT2D eigenvalue weighted by Crippen LogP contribution is 1.91. The Balaban J connectivity index is 0.00000400. The molecule has 0 aromatic carbocycles. The molecule has 1 heterocycles. The second-order valence-corrected chi connectivity index (χ2v) is 4.65. The second kappa shape index (κ2) is 11.3. The number of hydrogen-bond donors (Lipinski definition) is 3. The van der Waals surface area contributed by atoms with Crippen molar-refractivity contribution in [2.75, 3.05) is 13.6 Å². The van der Waals surface area contributed by atoms with Crippen LogP contribution in [-0.4, -0.2) is 36.5 Å². The van der Waals surface area contributed by atoms with Gasteiger partial charge in [0.1, 0.15) is 0 Å². The summed E-state index contributed by atoms with van der Waals surface area (Å²) in [7, 11) is 1.70. The van der Waals surface area contributed by atoms with Gasteiger partial charge in [0.2, 0.25) is 5.91 Å². The van der Waals surface area contributed by atoms with Gasteiger partial charge in [-0.25, -0.2) is 0 Å². The summed E-state index contributed by atoms with van der Waals surface area (Å²) in [5.74, 6) is 0.695. The summed E-state index contributed by atoms with van der Waals surface area (Å²) in [5.41, 5.74) is 0.938. The first-order valence-electron chi connectivity index (χ1n) is 6.75. The third-order valence-electron chi connectivity index (χ3n) is 2.48. The van der Waals surface area contributed by atoms with Crippen LogP contribution in [0.2, 0.25) is 0 Å². The number of halogens is 1. The summed E-state index contributed by atoms with van der Waals surface area (Å²) in [6.45, 7) is 5.02. The number of aliphatic imine (C=N–C) groups is 1. The monoisotopic (exact) mass is 405 g/mol. The quantitative estimate of drug-likeness (QED) is 0.379. The molecule has 1 aromatic heterocycles. The lowest BCUT2D eigenvalue weighted by molar-refractivity contribution is -0.121. The Kier molecular flexibility index (Phi) is 10.6. The first kappa shape index (κ1) is 19.6. The van der Waals surface area contributed by atoms with E-state index in [1.54, 1.807) is 13.2 Å². The summed E-state index contributed by atoms with van der Waals surface area (Å²) in [6.07, 6.45) is 2.17. The average molecular weight is 405 g/mol. The highest BCUT2D eigenvalue weighted by atomic mass is 127. The Morgan fingerprint density at radius 2 is 2.10 bits per heavy atom. The van der Waals surface area contributed by atoms with E-state index in [-0.39, 0.29) is 35.9 Å². The molecule has 0 spiro atoms. The van der Waals surface area contributed by atoms with Crippen LogP contribution >= 0.6 is 24.0 Å². The Hall–Kier alpha value is -1.38. The molecule has 0 fully saturated rings. The average Bonchev–Trinajstić information content (AvgIpc) is 2.43. The van der Waals surface area contributed by atoms with Gasteiger partial charge < -0.3 is 16.0 Å². The SMILES string of the molecule is CN=C(NCCC(=O)NC(C)C)NCc1ccccn1.I. The van der Waals surface area contributed by atoms with Crippen molar-refractivity contribution in [1.29, 1.82) is 0 Å². The number of rotatable bonds is 6. The van der Waals surface area contributed by atoms with Gasteiger partial charge in [0, 0.05) is 32.3 Å². The van der Waals surface area contributed by atoms with Crippen molar-refractivity contribution < 1.29 is 4.79 Å². The minimum Gasteiger partial charge on any atom is -0.356 e. The number of amides is 1. The zero-order valence-corrected chi connectivity index (χ0v) is 15.0. The van der Waals surface area contributed by atoms with E-state index in [0.717, 1.165) is 5.69 Å². The largest absolute Gasteiger partial charge is 0.356 e. The maximum Gasteiger partial charge on any atom is 0.221 e. The Morgan fingerprint density at radius 3 is 2.67 bits per heavy atom. The smallest absolute Gasteiger partial charge is 0.221 e. The molecule has 21 heavy (non-hydrogen) atoms. The third-order valence-corrected chi connectivity index (χ3v) is 2.48. The number of nitrogens with one attached hydrogen (secondary N) is 3. The maximum atomic E-state index is 11.5. The molecule has 3 N–H and O–H groups in total. The molecular weight excluding hydrogens is 381 g/mol. The van der Waals surface area contributed by atoms with Gasteiger partial charge in [0.05, 0.1) is 12.2 Å². The van der Waals surface area contributed by atoms with E-state index in [2.05, 4.69) is 25.9 Å². The van der Waals surface area contributed by atoms with E-state index in [9.17, 15) is 4.79 Å². The van der Waals surface area contributed by atoms with E-state index >= 15 is 0 Å². The number of hydrogen-bond acceptors (Lipinski definition) is 3. The Labute approximate surface area is 143 Å². The van der Waals surface area contributed by atoms with Crippen molar-refractivity contribution in [3.05, 3.63) is 30.1 Å². The molecular formula is C14H24IN5O. The van der Waals surface area contributed by atoms with Crippen LogP contribution in [0.15, 0.2) is 29.4 Å². The normalized spacial score (nSPS) is 10.8. The summed E-state index contributed by atoms with van der Waals surface area (Å²) in [5, 5.41) is 9.08. The zero-order chi connectivity index (χ0) is 14.8. The molecule has 0 aliphatic heterocycles. The molecule has 118 valence electrons. The van der Waals surface area contributed by atoms with Crippen LogP contribution in [0.3, 0.4) is 0 Å². The van der Waals surface area contributed by atoms with Gasteiger partial charge in [-0.15, -0.1) is 24.0 Å². The van der Waals surface area contributed by atoms with Crippen LogP contribution in [0.1, 0.15) is 26.0 Å². The molecule has 1 amide bonds. The summed E-state index contributed by atoms with van der Waals surface area (Å²) in [4.78, 5) is 19.8. The summed E-state index contributed by atoms with van der Waals surface area (Å²) >= 11 is 0. The number of carbonyl (C=O) groups excluding carboxylic acids is 1. The van der Waals surface area contributed by atoms with Crippen molar-refractivity contribution in [2.24, 2.45) is 4.99 Å². The number of nitrogens with zero attached hydrogens (tertiary/aromatic N) is 2. The summed E-state index contributed by atoms with van der Waals surface area (Å²) < 4.78 is 0. The maximum absolute atomic E-state index is 11.5. The second-order valence-electron chi connectivity index (χ2n) is 4.65. The van der Waals surface area contributed by atoms with Crippen molar-refractivity contribution in [2.45, 2.75) is 32.9 Å². The highest BCUT2D eigenvalue weighted by molar-refractivity contribution is 14.0. The fourth-order valence-corrected chi connectivity index (χ4v) is 1.59. The van der Waals surface area contributed by atoms with Crippen LogP contribution < -0.4 is 16.0 Å². The van der Waals surface area contributed by atoms with E-state index in [1.165, 1.54) is 0 Å². The third kappa shape index (κ3) is 9.22. The number of aromatic nitrogens is 1. The lowest BCUT2D eigenvalue weighted by atomic mass is 10.3. The first-order chi connectivity index (χ1) is 9.61. The standard InChI is InChI=1S/C14H23N5O.HI/c1-11(2)19-13(20)7-9-17-14(15-3)18-10-12-6-4-5-8-16-12;/h4-6,8,11H,7,9-10H2,1-3H3,(H,19,20)(H2,15,17,18);1H. The van der Waals surface area contributed by atoms with E-state index in [1.807, 2.05) is 32.0 Å². The van der Waals surface area contributed by atoms with Gasteiger partial charge in [0.15, 0.2) is 5.96 Å². The van der Waals surface area contributed by atoms with Gasteiger partial charge in [-0.05, 0) is 26.0 Å². The molecule has 1 rings (SSSR count). The van der Waals surface area contributed by atoms with Crippen LogP contribution in [0, 0.1) is 0 Å². The van der Waals surface area contributed by atoms with Gasteiger partial charge in [-0.3, -0.25) is 14.8 Å². The van der Waals surface area contributed by atoms with Crippen molar-refractivity contribution in [3.63, 3.8) is 0 Å². The highest BCUT2D eigenvalue weighted by Gasteiger charge is 2.04. The van der Waals surface area contributed by atoms with Gasteiger partial charge >= 0.3 is 0 Å². The lowest BCUT2D eigenvalue weighted by Crippen LogP contribution is -2.39. The van der Waals surface area contributed by atoms with Crippen LogP contribution in [0.4, 0.5) is 0 Å².